The van der Waals surface area contributed by atoms with Crippen molar-refractivity contribution in [2.45, 2.75) is 26.3 Å². The molecule has 3 nitrogen and oxygen atoms in total. The van der Waals surface area contributed by atoms with Crippen LogP contribution < -0.4 is 15.0 Å². The first-order chi connectivity index (χ1) is 8.31. The Balaban J connectivity index is 0.00000162. The molecule has 1 aliphatic rings. The summed E-state index contributed by atoms with van der Waals surface area (Å²) in [5.41, 5.74) is 1.29. The molecular weight excluding hydrogens is 283 g/mol. The van der Waals surface area contributed by atoms with Crippen molar-refractivity contribution < 1.29 is 4.74 Å². The van der Waals surface area contributed by atoms with Crippen LogP contribution in [-0.4, -0.2) is 32.3 Å². The summed E-state index contributed by atoms with van der Waals surface area (Å²) < 4.78 is 5.59. The van der Waals surface area contributed by atoms with E-state index in [9.17, 15) is 0 Å². The van der Waals surface area contributed by atoms with Crippen LogP contribution >= 0.6 is 24.8 Å². The van der Waals surface area contributed by atoms with Crippen molar-refractivity contribution >= 4 is 30.5 Å². The lowest BCUT2D eigenvalue weighted by molar-refractivity contribution is 0.317. The van der Waals surface area contributed by atoms with Gasteiger partial charge in [0.2, 0.25) is 0 Å². The van der Waals surface area contributed by atoms with Gasteiger partial charge in [-0.05, 0) is 37.6 Å². The number of nitrogens with zero attached hydrogens (tertiary/aromatic N) is 1. The fourth-order valence-electron chi connectivity index (χ4n) is 2.18. The minimum absolute atomic E-state index is 0. The molecule has 19 heavy (non-hydrogen) atoms. The number of benzene rings is 1. The van der Waals surface area contributed by atoms with Crippen molar-refractivity contribution in [3.63, 3.8) is 0 Å². The van der Waals surface area contributed by atoms with Crippen LogP contribution in [0, 0.1) is 0 Å². The number of ether oxygens (including phenoxy) is 1. The fourth-order valence-corrected chi connectivity index (χ4v) is 2.18. The van der Waals surface area contributed by atoms with Crippen LogP contribution in [0.3, 0.4) is 0 Å². The molecule has 2 rings (SSSR count). The first kappa shape index (κ1) is 18.4. The van der Waals surface area contributed by atoms with Gasteiger partial charge in [-0.3, -0.25) is 0 Å². The molecule has 0 saturated carbocycles. The van der Waals surface area contributed by atoms with Gasteiger partial charge in [-0.25, -0.2) is 0 Å². The highest BCUT2D eigenvalue weighted by Crippen LogP contribution is 2.22. The van der Waals surface area contributed by atoms with Gasteiger partial charge in [0, 0.05) is 31.4 Å². The number of halogens is 2. The molecule has 0 spiro atoms. The Morgan fingerprint density at radius 3 is 2.53 bits per heavy atom. The Labute approximate surface area is 128 Å². The number of hydrogen-bond donors (Lipinski definition) is 1. The van der Waals surface area contributed by atoms with Crippen molar-refractivity contribution in [3.05, 3.63) is 24.3 Å². The Kier molecular flexibility index (Phi) is 8.98. The van der Waals surface area contributed by atoms with E-state index in [0.717, 1.165) is 38.4 Å². The number of rotatable bonds is 4. The molecule has 1 fully saturated rings. The largest absolute Gasteiger partial charge is 0.494 e. The maximum atomic E-state index is 5.59. The first-order valence-electron chi connectivity index (χ1n) is 6.51. The Hall–Kier alpha value is -0.640. The van der Waals surface area contributed by atoms with E-state index >= 15 is 0 Å². The Bertz CT molecular complexity index is 346. The highest BCUT2D eigenvalue weighted by Gasteiger charge is 2.17. The van der Waals surface area contributed by atoms with Gasteiger partial charge in [-0.1, -0.05) is 6.92 Å². The minimum atomic E-state index is 0. The van der Waals surface area contributed by atoms with Crippen LogP contribution in [0.1, 0.15) is 20.3 Å². The van der Waals surface area contributed by atoms with E-state index in [4.69, 9.17) is 4.74 Å². The number of nitrogens with one attached hydrogen (secondary N) is 1. The summed E-state index contributed by atoms with van der Waals surface area (Å²) in [5.74, 6) is 0.971. The van der Waals surface area contributed by atoms with Crippen LogP contribution in [0.4, 0.5) is 5.69 Å². The van der Waals surface area contributed by atoms with Gasteiger partial charge >= 0.3 is 0 Å². The lowest BCUT2D eigenvalue weighted by atomic mass is 10.2. The van der Waals surface area contributed by atoms with Crippen molar-refractivity contribution in [1.29, 1.82) is 0 Å². The van der Waals surface area contributed by atoms with Gasteiger partial charge < -0.3 is 15.0 Å². The molecule has 1 saturated heterocycles. The standard InChI is InChI=1S/C14H22N2O.2ClH/c1-3-10-17-14-6-4-13(5-7-14)16-9-8-15-11-12(16)2;;/h4-7,12,15H,3,8-11H2,1-2H3;2*1H/t12-;;/m1../s1. The van der Waals surface area contributed by atoms with Crippen LogP contribution in [0.2, 0.25) is 0 Å². The summed E-state index contributed by atoms with van der Waals surface area (Å²) in [6.07, 6.45) is 1.05. The van der Waals surface area contributed by atoms with Crippen LogP contribution in [0.5, 0.6) is 5.75 Å². The molecular formula is C14H24Cl2N2O. The van der Waals surface area contributed by atoms with Gasteiger partial charge in [0.05, 0.1) is 6.61 Å². The van der Waals surface area contributed by atoms with E-state index in [-0.39, 0.29) is 24.8 Å². The van der Waals surface area contributed by atoms with Crippen molar-refractivity contribution in [3.8, 4) is 5.75 Å². The van der Waals surface area contributed by atoms with Gasteiger partial charge in [0.1, 0.15) is 5.75 Å². The monoisotopic (exact) mass is 306 g/mol. The minimum Gasteiger partial charge on any atom is -0.494 e. The maximum absolute atomic E-state index is 5.59. The third-order valence-electron chi connectivity index (χ3n) is 3.14. The van der Waals surface area contributed by atoms with E-state index in [1.165, 1.54) is 5.69 Å². The van der Waals surface area contributed by atoms with Gasteiger partial charge in [-0.15, -0.1) is 24.8 Å². The van der Waals surface area contributed by atoms with E-state index in [2.05, 4.69) is 48.3 Å². The van der Waals surface area contributed by atoms with E-state index < -0.39 is 0 Å². The summed E-state index contributed by atoms with van der Waals surface area (Å²) in [5, 5.41) is 3.41. The van der Waals surface area contributed by atoms with Crippen molar-refractivity contribution in [2.75, 3.05) is 31.1 Å². The second-order valence-corrected chi connectivity index (χ2v) is 4.59. The highest BCUT2D eigenvalue weighted by molar-refractivity contribution is 5.85. The smallest absolute Gasteiger partial charge is 0.119 e. The third kappa shape index (κ3) is 5.09. The highest BCUT2D eigenvalue weighted by atomic mass is 35.5. The molecule has 0 bridgehead atoms. The fraction of sp³-hybridized carbons (Fsp3) is 0.571. The average Bonchev–Trinajstić information content (AvgIpc) is 2.38. The zero-order chi connectivity index (χ0) is 12.1. The summed E-state index contributed by atoms with van der Waals surface area (Å²) in [6, 6.07) is 9.02. The lowest BCUT2D eigenvalue weighted by Gasteiger charge is -2.35. The molecule has 0 radical (unpaired) electrons. The Morgan fingerprint density at radius 1 is 1.26 bits per heavy atom. The molecule has 1 N–H and O–H groups in total. The van der Waals surface area contributed by atoms with Crippen molar-refractivity contribution in [2.24, 2.45) is 0 Å². The summed E-state index contributed by atoms with van der Waals surface area (Å²) >= 11 is 0. The molecule has 0 unspecified atom stereocenters. The summed E-state index contributed by atoms with van der Waals surface area (Å²) in [7, 11) is 0. The van der Waals surface area contributed by atoms with Crippen LogP contribution in [0.25, 0.3) is 0 Å². The SMILES string of the molecule is CCCOc1ccc(N2CCNC[C@H]2C)cc1.Cl.Cl. The molecule has 0 aliphatic carbocycles. The molecule has 5 heteroatoms. The zero-order valence-corrected chi connectivity index (χ0v) is 13.2. The van der Waals surface area contributed by atoms with Crippen LogP contribution in [-0.2, 0) is 0 Å². The van der Waals surface area contributed by atoms with Gasteiger partial charge in [-0.2, -0.15) is 0 Å². The second-order valence-electron chi connectivity index (χ2n) is 4.59. The summed E-state index contributed by atoms with van der Waals surface area (Å²) in [6.45, 7) is 8.39. The predicted octanol–water partition coefficient (Wildman–Crippen LogP) is 3.12. The molecule has 1 atom stereocenters. The number of piperazine rings is 1. The second kappa shape index (κ2) is 9.29. The van der Waals surface area contributed by atoms with Crippen LogP contribution in [0.15, 0.2) is 24.3 Å². The summed E-state index contributed by atoms with van der Waals surface area (Å²) in [4.78, 5) is 2.44. The predicted molar refractivity (Wildman–Crippen MR) is 86.4 cm³/mol. The zero-order valence-electron chi connectivity index (χ0n) is 11.6. The van der Waals surface area contributed by atoms with Gasteiger partial charge in [0.15, 0.2) is 0 Å². The van der Waals surface area contributed by atoms with E-state index in [0.29, 0.717) is 6.04 Å². The molecule has 1 aliphatic heterocycles. The number of hydrogen-bond acceptors (Lipinski definition) is 3. The molecule has 110 valence electrons. The third-order valence-corrected chi connectivity index (χ3v) is 3.14. The molecule has 1 aromatic rings. The normalized spacial score (nSPS) is 18.2. The first-order valence-corrected chi connectivity index (χ1v) is 6.51. The molecule has 0 amide bonds. The number of anilines is 1. The average molecular weight is 307 g/mol. The Morgan fingerprint density at radius 2 is 1.95 bits per heavy atom. The van der Waals surface area contributed by atoms with E-state index in [1.54, 1.807) is 0 Å². The van der Waals surface area contributed by atoms with Crippen molar-refractivity contribution in [1.82, 2.24) is 5.32 Å². The lowest BCUT2D eigenvalue weighted by Crippen LogP contribution is -2.49. The molecule has 0 aromatic heterocycles. The van der Waals surface area contributed by atoms with Gasteiger partial charge in [0.25, 0.3) is 0 Å². The van der Waals surface area contributed by atoms with E-state index in [1.807, 2.05) is 0 Å². The molecule has 1 heterocycles. The maximum Gasteiger partial charge on any atom is 0.119 e. The topological polar surface area (TPSA) is 24.5 Å². The molecule has 1 aromatic carbocycles. The quantitative estimate of drug-likeness (QED) is 0.925.